The first kappa shape index (κ1) is 19.0. The van der Waals surface area contributed by atoms with Crippen molar-refractivity contribution in [2.45, 2.75) is 37.8 Å². The van der Waals surface area contributed by atoms with Crippen LogP contribution in [-0.4, -0.2) is 22.8 Å². The summed E-state index contributed by atoms with van der Waals surface area (Å²) >= 11 is 7.55. The number of benzene rings is 2. The molecule has 6 rings (SSSR count). The van der Waals surface area contributed by atoms with Crippen LogP contribution in [0, 0.1) is 5.92 Å². The monoisotopic (exact) mass is 450 g/mol. The molecule has 0 saturated heterocycles. The molecule has 0 N–H and O–H groups in total. The summed E-state index contributed by atoms with van der Waals surface area (Å²) in [5, 5.41) is 1.17. The highest BCUT2D eigenvalue weighted by Gasteiger charge is 2.53. The number of thiazole rings is 1. The number of aromatic nitrogens is 1. The Balaban J connectivity index is 1.51. The van der Waals surface area contributed by atoms with Gasteiger partial charge in [-0.1, -0.05) is 59.7 Å². The number of anilines is 1. The Morgan fingerprint density at radius 3 is 2.71 bits per heavy atom. The molecule has 2 aliphatic heterocycles. The predicted molar refractivity (Wildman–Crippen MR) is 120 cm³/mol. The molecule has 7 heteroatoms. The van der Waals surface area contributed by atoms with Gasteiger partial charge in [-0.15, -0.1) is 0 Å². The van der Waals surface area contributed by atoms with Crippen molar-refractivity contribution in [1.82, 2.24) is 4.98 Å². The average molecular weight is 451 g/mol. The van der Waals surface area contributed by atoms with Gasteiger partial charge >= 0.3 is 0 Å². The number of hydrogen-bond acceptors (Lipinski definition) is 5. The van der Waals surface area contributed by atoms with Crippen LogP contribution in [0.3, 0.4) is 0 Å². The number of fused-ring (bicyclic) bond motifs is 2. The Hall–Kier alpha value is -2.70. The molecular weight excluding hydrogens is 432 g/mol. The lowest BCUT2D eigenvalue weighted by Gasteiger charge is -2.35. The molecule has 3 heterocycles. The van der Waals surface area contributed by atoms with E-state index < -0.39 is 6.04 Å². The third kappa shape index (κ3) is 2.92. The first-order valence-electron chi connectivity index (χ1n) is 10.5. The number of amides is 1. The molecule has 2 aromatic carbocycles. The van der Waals surface area contributed by atoms with E-state index in [1.54, 1.807) is 11.0 Å². The maximum absolute atomic E-state index is 13.6. The minimum Gasteiger partial charge on any atom is -0.483 e. The van der Waals surface area contributed by atoms with Crippen molar-refractivity contribution in [2.24, 2.45) is 5.92 Å². The highest BCUT2D eigenvalue weighted by atomic mass is 35.5. The van der Waals surface area contributed by atoms with E-state index in [1.807, 2.05) is 42.5 Å². The number of ketones is 1. The fraction of sp³-hybridized carbons (Fsp3) is 0.292. The van der Waals surface area contributed by atoms with Gasteiger partial charge in [0.2, 0.25) is 0 Å². The summed E-state index contributed by atoms with van der Waals surface area (Å²) in [7, 11) is 0. The second-order valence-corrected chi connectivity index (χ2v) is 9.70. The molecule has 1 aliphatic carbocycles. The van der Waals surface area contributed by atoms with Crippen molar-refractivity contribution < 1.29 is 14.3 Å². The Labute approximate surface area is 188 Å². The number of carbonyl (C=O) groups is 2. The number of ether oxygens (including phenoxy) is 1. The standard InChI is InChI=1S/C24H19ClN2O3S/c25-14-10-11-16-18(12-14)31-24(26-16)27-20(13-6-2-1-3-7-13)19-21(28)15-8-4-5-9-17(15)30-22(19)23(27)29/h1-3,6-7,10-12,15,17,20H,4-5,8-9H2. The molecule has 0 bridgehead atoms. The third-order valence-electron chi connectivity index (χ3n) is 6.42. The van der Waals surface area contributed by atoms with Gasteiger partial charge in [0, 0.05) is 5.02 Å². The molecule has 3 aliphatic rings. The average Bonchev–Trinajstić information content (AvgIpc) is 3.33. The molecule has 31 heavy (non-hydrogen) atoms. The summed E-state index contributed by atoms with van der Waals surface area (Å²) in [5.41, 5.74) is 2.13. The Morgan fingerprint density at radius 1 is 1.06 bits per heavy atom. The summed E-state index contributed by atoms with van der Waals surface area (Å²) in [6.45, 7) is 0. The van der Waals surface area contributed by atoms with Gasteiger partial charge in [0.25, 0.3) is 5.91 Å². The van der Waals surface area contributed by atoms with Crippen LogP contribution < -0.4 is 4.90 Å². The van der Waals surface area contributed by atoms with Gasteiger partial charge in [0.15, 0.2) is 16.7 Å². The van der Waals surface area contributed by atoms with E-state index in [1.165, 1.54) is 11.3 Å². The van der Waals surface area contributed by atoms with Gasteiger partial charge in [0.1, 0.15) is 6.10 Å². The lowest BCUT2D eigenvalue weighted by Crippen LogP contribution is -2.39. The van der Waals surface area contributed by atoms with Crippen LogP contribution in [0.2, 0.25) is 5.02 Å². The van der Waals surface area contributed by atoms with Crippen molar-refractivity contribution in [3.8, 4) is 0 Å². The topological polar surface area (TPSA) is 59.5 Å². The van der Waals surface area contributed by atoms with Crippen LogP contribution in [0.1, 0.15) is 37.3 Å². The van der Waals surface area contributed by atoms with E-state index >= 15 is 0 Å². The van der Waals surface area contributed by atoms with Crippen molar-refractivity contribution >= 4 is 50.0 Å². The molecule has 0 radical (unpaired) electrons. The van der Waals surface area contributed by atoms with Gasteiger partial charge in [-0.2, -0.15) is 0 Å². The Kier molecular flexibility index (Phi) is 4.40. The summed E-state index contributed by atoms with van der Waals surface area (Å²) in [6.07, 6.45) is 3.47. The van der Waals surface area contributed by atoms with E-state index in [9.17, 15) is 9.59 Å². The summed E-state index contributed by atoms with van der Waals surface area (Å²) in [4.78, 5) is 33.6. The molecule has 156 valence electrons. The SMILES string of the molecule is O=C1C2=C(OC3CCCCC13)C(=O)N(c1nc3ccc(Cl)cc3s1)C2c1ccccc1. The maximum atomic E-state index is 13.6. The molecule has 1 fully saturated rings. The van der Waals surface area contributed by atoms with Crippen molar-refractivity contribution in [3.05, 3.63) is 70.4 Å². The first-order valence-corrected chi connectivity index (χ1v) is 11.7. The smallest absolute Gasteiger partial charge is 0.296 e. The third-order valence-corrected chi connectivity index (χ3v) is 7.68. The highest BCUT2D eigenvalue weighted by molar-refractivity contribution is 7.22. The molecule has 3 aromatic rings. The number of Topliss-reactive ketones (excluding diaryl/α,β-unsaturated/α-hetero) is 1. The number of nitrogens with zero attached hydrogens (tertiary/aromatic N) is 2. The lowest BCUT2D eigenvalue weighted by atomic mass is 9.77. The van der Waals surface area contributed by atoms with Crippen LogP contribution in [-0.2, 0) is 14.3 Å². The largest absolute Gasteiger partial charge is 0.483 e. The summed E-state index contributed by atoms with van der Waals surface area (Å²) in [5.74, 6) is -0.189. The van der Waals surface area contributed by atoms with E-state index in [0.29, 0.717) is 15.7 Å². The van der Waals surface area contributed by atoms with Crippen LogP contribution >= 0.6 is 22.9 Å². The van der Waals surface area contributed by atoms with E-state index in [0.717, 1.165) is 41.5 Å². The molecule has 1 saturated carbocycles. The number of carbonyl (C=O) groups excluding carboxylic acids is 2. The second-order valence-electron chi connectivity index (χ2n) is 8.25. The van der Waals surface area contributed by atoms with Crippen molar-refractivity contribution in [1.29, 1.82) is 0 Å². The normalized spacial score (nSPS) is 25.6. The van der Waals surface area contributed by atoms with Gasteiger partial charge < -0.3 is 4.74 Å². The molecule has 3 atom stereocenters. The zero-order chi connectivity index (χ0) is 21.1. The minimum absolute atomic E-state index is 0.0554. The van der Waals surface area contributed by atoms with Crippen LogP contribution in [0.5, 0.6) is 0 Å². The van der Waals surface area contributed by atoms with Gasteiger partial charge in [-0.3, -0.25) is 14.5 Å². The zero-order valence-corrected chi connectivity index (χ0v) is 18.2. The number of halogens is 1. The van der Waals surface area contributed by atoms with Crippen molar-refractivity contribution in [3.63, 3.8) is 0 Å². The van der Waals surface area contributed by atoms with Gasteiger partial charge in [-0.05, 0) is 43.0 Å². The quantitative estimate of drug-likeness (QED) is 0.521. The first-order chi connectivity index (χ1) is 15.1. The summed E-state index contributed by atoms with van der Waals surface area (Å²) < 4.78 is 7.11. The molecule has 1 aromatic heterocycles. The Bertz CT molecular complexity index is 1250. The highest BCUT2D eigenvalue weighted by Crippen LogP contribution is 2.49. The lowest BCUT2D eigenvalue weighted by molar-refractivity contribution is -0.131. The van der Waals surface area contributed by atoms with Gasteiger partial charge in [-0.25, -0.2) is 4.98 Å². The molecule has 3 unspecified atom stereocenters. The van der Waals surface area contributed by atoms with E-state index in [2.05, 4.69) is 0 Å². The molecular formula is C24H19ClN2O3S. The molecule has 1 amide bonds. The number of rotatable bonds is 2. The fourth-order valence-corrected chi connectivity index (χ4v) is 6.25. The molecule has 0 spiro atoms. The minimum atomic E-state index is -0.532. The molecule has 5 nitrogen and oxygen atoms in total. The fourth-order valence-electron chi connectivity index (χ4n) is 4.98. The van der Waals surface area contributed by atoms with Crippen LogP contribution in [0.15, 0.2) is 59.9 Å². The van der Waals surface area contributed by atoms with E-state index in [-0.39, 0.29) is 29.5 Å². The van der Waals surface area contributed by atoms with Crippen LogP contribution in [0.4, 0.5) is 5.13 Å². The second kappa shape index (κ2) is 7.18. The Morgan fingerprint density at radius 2 is 1.87 bits per heavy atom. The predicted octanol–water partition coefficient (Wildman–Crippen LogP) is 5.45. The van der Waals surface area contributed by atoms with Gasteiger partial charge in [0.05, 0.1) is 27.7 Å². The number of hydrogen-bond donors (Lipinski definition) is 0. The maximum Gasteiger partial charge on any atom is 0.296 e. The van der Waals surface area contributed by atoms with Crippen molar-refractivity contribution in [2.75, 3.05) is 4.90 Å². The zero-order valence-electron chi connectivity index (χ0n) is 16.6. The van der Waals surface area contributed by atoms with Crippen LogP contribution in [0.25, 0.3) is 10.2 Å². The summed E-state index contributed by atoms with van der Waals surface area (Å²) in [6, 6.07) is 14.6. The van der Waals surface area contributed by atoms with E-state index in [4.69, 9.17) is 21.3 Å².